The standard InChI is InChI=1S/C28H38N4O4.CH3NO/c1-5-6-27(32-13-17-36-18-14-32)30-28-24(21(2)31-11-15-35-16-12-31)8-9-25(29-28)22-7-10-26(34-4)23(19-22)20-33-3;2-1-3/h6-10,19H,5,11-18,20H2,1-4H3;1H,(H2,2,3)/b24-21+,27-6-,30-28+;. The van der Waals surface area contributed by atoms with E-state index in [1.165, 1.54) is 5.70 Å². The van der Waals surface area contributed by atoms with Crippen LogP contribution in [0.25, 0.3) is 0 Å². The maximum Gasteiger partial charge on any atom is 0.204 e. The maximum absolute atomic E-state index is 8.58. The van der Waals surface area contributed by atoms with Gasteiger partial charge in [0, 0.05) is 55.7 Å². The lowest BCUT2D eigenvalue weighted by Gasteiger charge is -2.32. The summed E-state index contributed by atoms with van der Waals surface area (Å²) in [6.45, 7) is 11.1. The first-order chi connectivity index (χ1) is 19.1. The minimum atomic E-state index is 0.250. The van der Waals surface area contributed by atoms with Crippen LogP contribution >= 0.6 is 0 Å². The van der Waals surface area contributed by atoms with Gasteiger partial charge in [-0.05, 0) is 49.8 Å². The molecule has 0 unspecified atom stereocenters. The SMILES string of the molecule is CC/C=C(/N=C1/N=C(c2ccc(OC)c(COC)c2)C=C/C1=C(/C)N1CCOCC1)N1CCOCC1.NC=O. The number of hydrogen-bond acceptors (Lipinski definition) is 8. The molecular weight excluding hydrogens is 498 g/mol. The van der Waals surface area contributed by atoms with Crippen molar-refractivity contribution in [1.29, 1.82) is 0 Å². The number of amidine groups is 1. The van der Waals surface area contributed by atoms with Crippen molar-refractivity contribution in [3.05, 3.63) is 64.6 Å². The Morgan fingerprint density at radius 1 is 1.08 bits per heavy atom. The van der Waals surface area contributed by atoms with Crippen LogP contribution in [0.2, 0.25) is 0 Å². The molecule has 0 saturated carbocycles. The van der Waals surface area contributed by atoms with Gasteiger partial charge in [-0.1, -0.05) is 6.92 Å². The smallest absolute Gasteiger partial charge is 0.204 e. The van der Waals surface area contributed by atoms with Crippen molar-refractivity contribution in [2.24, 2.45) is 15.7 Å². The summed E-state index contributed by atoms with van der Waals surface area (Å²) in [6.07, 6.45) is 7.55. The predicted octanol–water partition coefficient (Wildman–Crippen LogP) is 2.89. The number of primary amides is 1. The van der Waals surface area contributed by atoms with E-state index in [2.05, 4.69) is 53.7 Å². The monoisotopic (exact) mass is 539 g/mol. The van der Waals surface area contributed by atoms with Gasteiger partial charge < -0.3 is 34.5 Å². The summed E-state index contributed by atoms with van der Waals surface area (Å²) in [4.78, 5) is 23.5. The first kappa shape index (κ1) is 30.1. The van der Waals surface area contributed by atoms with Crippen molar-refractivity contribution < 1.29 is 23.7 Å². The Kier molecular flexibility index (Phi) is 12.2. The molecule has 10 nitrogen and oxygen atoms in total. The van der Waals surface area contributed by atoms with Crippen LogP contribution < -0.4 is 10.5 Å². The third-order valence-corrected chi connectivity index (χ3v) is 6.57. The molecule has 2 saturated heterocycles. The largest absolute Gasteiger partial charge is 0.496 e. The second-order valence-corrected chi connectivity index (χ2v) is 9.03. The fourth-order valence-electron chi connectivity index (χ4n) is 4.58. The van der Waals surface area contributed by atoms with Crippen LogP contribution in [-0.4, -0.2) is 94.6 Å². The second-order valence-electron chi connectivity index (χ2n) is 9.03. The van der Waals surface area contributed by atoms with E-state index in [4.69, 9.17) is 33.7 Å². The molecule has 0 bridgehead atoms. The van der Waals surface area contributed by atoms with Crippen LogP contribution in [0.1, 0.15) is 31.4 Å². The maximum atomic E-state index is 8.58. The molecule has 3 aliphatic heterocycles. The third kappa shape index (κ3) is 8.26. The van der Waals surface area contributed by atoms with Crippen LogP contribution in [0.15, 0.2) is 63.5 Å². The fourth-order valence-corrected chi connectivity index (χ4v) is 4.58. The van der Waals surface area contributed by atoms with Gasteiger partial charge >= 0.3 is 0 Å². The Morgan fingerprint density at radius 3 is 2.31 bits per heavy atom. The lowest BCUT2D eigenvalue weighted by atomic mass is 10.0. The van der Waals surface area contributed by atoms with Gasteiger partial charge in [0.2, 0.25) is 6.41 Å². The highest BCUT2D eigenvalue weighted by Gasteiger charge is 2.22. The highest BCUT2D eigenvalue weighted by Crippen LogP contribution is 2.25. The number of carbonyl (C=O) groups is 1. The topological polar surface area (TPSA) is 111 Å². The van der Waals surface area contributed by atoms with E-state index >= 15 is 0 Å². The van der Waals surface area contributed by atoms with Crippen LogP contribution in [0.3, 0.4) is 0 Å². The van der Waals surface area contributed by atoms with Gasteiger partial charge in [-0.3, -0.25) is 4.79 Å². The van der Waals surface area contributed by atoms with Crippen LogP contribution in [-0.2, 0) is 25.6 Å². The number of rotatable bonds is 8. The number of methoxy groups -OCH3 is 2. The molecule has 212 valence electrons. The van der Waals surface area contributed by atoms with Crippen molar-refractivity contribution in [3.8, 4) is 5.75 Å². The molecule has 1 aromatic carbocycles. The van der Waals surface area contributed by atoms with E-state index in [1.807, 2.05) is 12.1 Å². The zero-order chi connectivity index (χ0) is 28.0. The average molecular weight is 540 g/mol. The number of aliphatic imine (C=N–C) groups is 2. The molecule has 1 amide bonds. The zero-order valence-corrected chi connectivity index (χ0v) is 23.5. The molecule has 0 aliphatic carbocycles. The number of nitrogens with two attached hydrogens (primary N) is 1. The van der Waals surface area contributed by atoms with Crippen LogP contribution in [0.4, 0.5) is 0 Å². The lowest BCUT2D eigenvalue weighted by molar-refractivity contribution is -0.106. The number of amides is 1. The van der Waals surface area contributed by atoms with Gasteiger partial charge in [-0.25, -0.2) is 9.98 Å². The summed E-state index contributed by atoms with van der Waals surface area (Å²) < 4.78 is 22.1. The Morgan fingerprint density at radius 2 is 1.72 bits per heavy atom. The van der Waals surface area contributed by atoms with Crippen molar-refractivity contribution in [2.75, 3.05) is 66.8 Å². The summed E-state index contributed by atoms with van der Waals surface area (Å²) in [7, 11) is 3.36. The number of benzene rings is 1. The number of dihydropyridines is 1. The van der Waals surface area contributed by atoms with Gasteiger partial charge in [0.25, 0.3) is 0 Å². The lowest BCUT2D eigenvalue weighted by Crippen LogP contribution is -2.36. The summed E-state index contributed by atoms with van der Waals surface area (Å²) in [5.74, 6) is 2.49. The number of ether oxygens (including phenoxy) is 4. The van der Waals surface area contributed by atoms with E-state index in [0.717, 1.165) is 85.6 Å². The summed E-state index contributed by atoms with van der Waals surface area (Å²) >= 11 is 0. The van der Waals surface area contributed by atoms with Crippen molar-refractivity contribution in [3.63, 3.8) is 0 Å². The Bertz CT molecular complexity index is 1110. The van der Waals surface area contributed by atoms with Crippen molar-refractivity contribution >= 4 is 18.0 Å². The molecule has 0 radical (unpaired) electrons. The molecule has 2 fully saturated rings. The van der Waals surface area contributed by atoms with E-state index in [9.17, 15) is 0 Å². The molecule has 0 atom stereocenters. The van der Waals surface area contributed by atoms with Crippen LogP contribution in [0.5, 0.6) is 5.75 Å². The summed E-state index contributed by atoms with van der Waals surface area (Å²) in [5.41, 5.74) is 9.23. The molecule has 0 spiro atoms. The molecule has 4 rings (SSSR count). The number of nitrogens with zero attached hydrogens (tertiary/aromatic N) is 4. The normalized spacial score (nSPS) is 20.3. The van der Waals surface area contributed by atoms with E-state index < -0.39 is 0 Å². The van der Waals surface area contributed by atoms with Gasteiger partial charge in [0.1, 0.15) is 11.6 Å². The number of carbonyl (C=O) groups excluding carboxylic acids is 1. The van der Waals surface area contributed by atoms with Crippen molar-refractivity contribution in [1.82, 2.24) is 9.80 Å². The highest BCUT2D eigenvalue weighted by molar-refractivity contribution is 6.21. The van der Waals surface area contributed by atoms with Crippen LogP contribution in [0, 0.1) is 0 Å². The van der Waals surface area contributed by atoms with Gasteiger partial charge in [0.05, 0.1) is 45.9 Å². The van der Waals surface area contributed by atoms with Gasteiger partial charge in [-0.15, -0.1) is 0 Å². The Labute approximate surface area is 231 Å². The van der Waals surface area contributed by atoms with Crippen molar-refractivity contribution in [2.45, 2.75) is 26.9 Å². The molecule has 3 heterocycles. The quantitative estimate of drug-likeness (QED) is 0.506. The average Bonchev–Trinajstić information content (AvgIpc) is 2.98. The molecule has 0 aromatic heterocycles. The Balaban J connectivity index is 0.00000134. The van der Waals surface area contributed by atoms with Gasteiger partial charge in [-0.2, -0.15) is 0 Å². The minimum Gasteiger partial charge on any atom is -0.496 e. The second kappa shape index (κ2) is 15.8. The molecular formula is C29H41N5O5. The predicted molar refractivity (Wildman–Crippen MR) is 153 cm³/mol. The first-order valence-corrected chi connectivity index (χ1v) is 13.3. The fraction of sp³-hybridized carbons (Fsp3) is 0.483. The number of allylic oxidation sites excluding steroid dienone is 3. The Hall–Kier alpha value is -3.47. The molecule has 2 N–H and O–H groups in total. The third-order valence-electron chi connectivity index (χ3n) is 6.57. The van der Waals surface area contributed by atoms with E-state index in [-0.39, 0.29) is 6.41 Å². The van der Waals surface area contributed by atoms with E-state index in [1.54, 1.807) is 14.2 Å². The molecule has 39 heavy (non-hydrogen) atoms. The number of morpholine rings is 2. The summed E-state index contributed by atoms with van der Waals surface area (Å²) in [5, 5.41) is 0. The zero-order valence-electron chi connectivity index (χ0n) is 23.5. The highest BCUT2D eigenvalue weighted by atomic mass is 16.5. The first-order valence-electron chi connectivity index (χ1n) is 13.3. The summed E-state index contributed by atoms with van der Waals surface area (Å²) in [6, 6.07) is 6.09. The molecule has 1 aromatic rings. The molecule has 3 aliphatic rings. The number of hydrogen-bond donors (Lipinski definition) is 1. The van der Waals surface area contributed by atoms with Gasteiger partial charge in [0.15, 0.2) is 5.84 Å². The minimum absolute atomic E-state index is 0.250. The van der Waals surface area contributed by atoms with E-state index in [0.29, 0.717) is 19.8 Å². The molecule has 10 heteroatoms.